The minimum atomic E-state index is -2.92. The Morgan fingerprint density at radius 3 is 2.59 bits per heavy atom. The molecule has 34 heavy (non-hydrogen) atoms. The number of hydrogen-bond acceptors (Lipinski definition) is 6. The van der Waals surface area contributed by atoms with Crippen LogP contribution in [0.4, 0.5) is 8.78 Å². The SMILES string of the molecule is CC(C)Cc1nc(-c2cccc(CN3CCN(C(=O)c4cccc(OC(F)F)c4)CC3)c2)no1. The molecule has 1 fully saturated rings. The van der Waals surface area contributed by atoms with Crippen LogP contribution < -0.4 is 4.74 Å². The van der Waals surface area contributed by atoms with Crippen molar-refractivity contribution in [1.29, 1.82) is 0 Å². The molecule has 1 amide bonds. The first-order valence-corrected chi connectivity index (χ1v) is 11.4. The Hall–Kier alpha value is -3.33. The number of carbonyl (C=O) groups excluding carboxylic acids is 1. The summed E-state index contributed by atoms with van der Waals surface area (Å²) in [6.45, 7) is 4.57. The number of rotatable bonds is 8. The number of amides is 1. The van der Waals surface area contributed by atoms with Crippen molar-refractivity contribution >= 4 is 5.91 Å². The number of aromatic nitrogens is 2. The number of halogens is 2. The number of nitrogens with zero attached hydrogens (tertiary/aromatic N) is 4. The highest BCUT2D eigenvalue weighted by Crippen LogP contribution is 2.21. The van der Waals surface area contributed by atoms with E-state index in [2.05, 4.69) is 45.8 Å². The van der Waals surface area contributed by atoms with Crippen molar-refractivity contribution < 1.29 is 22.8 Å². The summed E-state index contributed by atoms with van der Waals surface area (Å²) < 4.78 is 34.7. The van der Waals surface area contributed by atoms with E-state index in [-0.39, 0.29) is 11.7 Å². The van der Waals surface area contributed by atoms with Crippen LogP contribution in [0, 0.1) is 5.92 Å². The lowest BCUT2D eigenvalue weighted by Crippen LogP contribution is -2.48. The molecule has 0 spiro atoms. The van der Waals surface area contributed by atoms with Gasteiger partial charge in [-0.15, -0.1) is 0 Å². The van der Waals surface area contributed by atoms with E-state index in [1.807, 2.05) is 12.1 Å². The van der Waals surface area contributed by atoms with E-state index in [0.29, 0.717) is 49.4 Å². The van der Waals surface area contributed by atoms with E-state index in [1.165, 1.54) is 12.1 Å². The van der Waals surface area contributed by atoms with Gasteiger partial charge in [0.1, 0.15) is 5.75 Å². The fraction of sp³-hybridized carbons (Fsp3) is 0.400. The highest BCUT2D eigenvalue weighted by atomic mass is 19.3. The zero-order valence-electron chi connectivity index (χ0n) is 19.3. The summed E-state index contributed by atoms with van der Waals surface area (Å²) in [5.74, 6) is 1.47. The molecule has 0 saturated carbocycles. The number of piperazine rings is 1. The van der Waals surface area contributed by atoms with Gasteiger partial charge in [-0.25, -0.2) is 0 Å². The van der Waals surface area contributed by atoms with Crippen molar-refractivity contribution in [2.24, 2.45) is 5.92 Å². The minimum absolute atomic E-state index is 0.0164. The molecule has 0 radical (unpaired) electrons. The molecule has 0 bridgehead atoms. The van der Waals surface area contributed by atoms with Gasteiger partial charge < -0.3 is 14.2 Å². The fourth-order valence-corrected chi connectivity index (χ4v) is 3.97. The standard InChI is InChI=1S/C25H28F2N4O3/c1-17(2)13-22-28-23(29-34-22)19-6-3-5-18(14-19)16-30-9-11-31(12-10-30)24(32)20-7-4-8-21(15-20)33-25(26)27/h3-8,14-15,17,25H,9-13,16H2,1-2H3. The Labute approximate surface area is 197 Å². The third-order valence-electron chi connectivity index (χ3n) is 5.61. The van der Waals surface area contributed by atoms with E-state index < -0.39 is 6.61 Å². The molecule has 1 saturated heterocycles. The first kappa shape index (κ1) is 23.8. The Kier molecular flexibility index (Phi) is 7.52. The Morgan fingerprint density at radius 1 is 1.09 bits per heavy atom. The van der Waals surface area contributed by atoms with Crippen molar-refractivity contribution in [3.05, 3.63) is 65.5 Å². The van der Waals surface area contributed by atoms with E-state index in [4.69, 9.17) is 4.52 Å². The zero-order valence-corrected chi connectivity index (χ0v) is 19.3. The third-order valence-corrected chi connectivity index (χ3v) is 5.61. The van der Waals surface area contributed by atoms with Gasteiger partial charge in [0.25, 0.3) is 5.91 Å². The molecule has 1 aliphatic heterocycles. The van der Waals surface area contributed by atoms with Crippen LogP contribution in [0.2, 0.25) is 0 Å². The van der Waals surface area contributed by atoms with Crippen molar-refractivity contribution in [3.63, 3.8) is 0 Å². The summed E-state index contributed by atoms with van der Waals surface area (Å²) in [6.07, 6.45) is 0.749. The van der Waals surface area contributed by atoms with E-state index in [1.54, 1.807) is 17.0 Å². The van der Waals surface area contributed by atoms with Crippen LogP contribution in [0.25, 0.3) is 11.4 Å². The summed E-state index contributed by atoms with van der Waals surface area (Å²) in [5.41, 5.74) is 2.39. The molecule has 180 valence electrons. The molecule has 0 atom stereocenters. The van der Waals surface area contributed by atoms with Gasteiger partial charge in [-0.1, -0.05) is 43.3 Å². The molecule has 0 unspecified atom stereocenters. The van der Waals surface area contributed by atoms with E-state index >= 15 is 0 Å². The van der Waals surface area contributed by atoms with Gasteiger partial charge in [0.05, 0.1) is 0 Å². The second-order valence-electron chi connectivity index (χ2n) is 8.78. The number of alkyl halides is 2. The molecule has 2 heterocycles. The van der Waals surface area contributed by atoms with Gasteiger partial charge in [-0.05, 0) is 35.7 Å². The molecular weight excluding hydrogens is 442 g/mol. The van der Waals surface area contributed by atoms with Crippen molar-refractivity contribution in [2.75, 3.05) is 26.2 Å². The van der Waals surface area contributed by atoms with Gasteiger partial charge in [0.15, 0.2) is 0 Å². The number of benzene rings is 2. The molecule has 2 aromatic carbocycles. The predicted octanol–water partition coefficient (Wildman–Crippen LogP) is 4.49. The average Bonchev–Trinajstić information content (AvgIpc) is 3.27. The summed E-state index contributed by atoms with van der Waals surface area (Å²) in [6, 6.07) is 14.0. The highest BCUT2D eigenvalue weighted by Gasteiger charge is 2.23. The Morgan fingerprint density at radius 2 is 1.85 bits per heavy atom. The van der Waals surface area contributed by atoms with Gasteiger partial charge in [-0.2, -0.15) is 13.8 Å². The first-order valence-electron chi connectivity index (χ1n) is 11.4. The number of hydrogen-bond donors (Lipinski definition) is 0. The van der Waals surface area contributed by atoms with Crippen molar-refractivity contribution in [1.82, 2.24) is 19.9 Å². The largest absolute Gasteiger partial charge is 0.435 e. The van der Waals surface area contributed by atoms with Crippen LogP contribution in [-0.2, 0) is 13.0 Å². The van der Waals surface area contributed by atoms with Crippen LogP contribution in [0.1, 0.15) is 35.7 Å². The lowest BCUT2D eigenvalue weighted by molar-refractivity contribution is -0.0499. The molecule has 1 aromatic heterocycles. The summed E-state index contributed by atoms with van der Waals surface area (Å²) in [5, 5.41) is 4.11. The van der Waals surface area contributed by atoms with E-state index in [0.717, 1.165) is 24.1 Å². The molecular formula is C25H28F2N4O3. The second kappa shape index (κ2) is 10.7. The molecule has 1 aliphatic rings. The lowest BCUT2D eigenvalue weighted by Gasteiger charge is -2.35. The normalized spacial score (nSPS) is 14.7. The molecule has 0 aliphatic carbocycles. The van der Waals surface area contributed by atoms with Crippen molar-refractivity contribution in [3.8, 4) is 17.1 Å². The number of carbonyl (C=O) groups is 1. The van der Waals surface area contributed by atoms with Crippen LogP contribution >= 0.6 is 0 Å². The van der Waals surface area contributed by atoms with Crippen LogP contribution in [0.15, 0.2) is 53.1 Å². The van der Waals surface area contributed by atoms with E-state index in [9.17, 15) is 13.6 Å². The number of ether oxygens (including phenoxy) is 1. The second-order valence-corrected chi connectivity index (χ2v) is 8.78. The predicted molar refractivity (Wildman–Crippen MR) is 123 cm³/mol. The quantitative estimate of drug-likeness (QED) is 0.483. The maximum atomic E-state index is 12.8. The average molecular weight is 471 g/mol. The van der Waals surface area contributed by atoms with Gasteiger partial charge >= 0.3 is 6.61 Å². The molecule has 4 rings (SSSR count). The Bertz CT molecular complexity index is 1110. The molecule has 7 nitrogen and oxygen atoms in total. The molecule has 9 heteroatoms. The fourth-order valence-electron chi connectivity index (χ4n) is 3.97. The summed E-state index contributed by atoms with van der Waals surface area (Å²) >= 11 is 0. The molecule has 3 aromatic rings. The van der Waals surface area contributed by atoms with Crippen LogP contribution in [-0.4, -0.2) is 58.6 Å². The monoisotopic (exact) mass is 470 g/mol. The minimum Gasteiger partial charge on any atom is -0.435 e. The lowest BCUT2D eigenvalue weighted by atomic mass is 10.1. The van der Waals surface area contributed by atoms with Gasteiger partial charge in [0.2, 0.25) is 11.7 Å². The zero-order chi connectivity index (χ0) is 24.1. The third kappa shape index (κ3) is 6.17. The molecule has 0 N–H and O–H groups in total. The summed E-state index contributed by atoms with van der Waals surface area (Å²) in [7, 11) is 0. The maximum absolute atomic E-state index is 12.8. The van der Waals surface area contributed by atoms with Crippen LogP contribution in [0.5, 0.6) is 5.75 Å². The maximum Gasteiger partial charge on any atom is 0.387 e. The first-order chi connectivity index (χ1) is 16.4. The Balaban J connectivity index is 1.33. The van der Waals surface area contributed by atoms with Crippen LogP contribution in [0.3, 0.4) is 0 Å². The van der Waals surface area contributed by atoms with Gasteiger partial charge in [0, 0.05) is 50.3 Å². The van der Waals surface area contributed by atoms with Crippen molar-refractivity contribution in [2.45, 2.75) is 33.4 Å². The smallest absolute Gasteiger partial charge is 0.387 e. The van der Waals surface area contributed by atoms with Gasteiger partial charge in [-0.3, -0.25) is 9.69 Å². The highest BCUT2D eigenvalue weighted by molar-refractivity contribution is 5.94. The topological polar surface area (TPSA) is 71.7 Å². The summed E-state index contributed by atoms with van der Waals surface area (Å²) in [4.78, 5) is 21.3.